The molecular formula is C24H27N5O3S. The minimum absolute atomic E-state index is 0.107. The SMILES string of the molecule is Cc1cc(C)c(Oc2nc(C(C)(C)C)ccc2C(=O)N=NS(=O)c2cccc(N)n2)c(C)c1. The smallest absolute Gasteiger partial charge is 0.301 e. The van der Waals surface area contributed by atoms with Gasteiger partial charge in [-0.15, -0.1) is 0 Å². The van der Waals surface area contributed by atoms with Crippen LogP contribution in [0.15, 0.2) is 57.1 Å². The highest BCUT2D eigenvalue weighted by Crippen LogP contribution is 2.33. The van der Waals surface area contributed by atoms with E-state index in [4.69, 9.17) is 10.5 Å². The summed E-state index contributed by atoms with van der Waals surface area (Å²) < 4.78 is 22.1. The number of aromatic nitrogens is 2. The van der Waals surface area contributed by atoms with Crippen molar-refractivity contribution in [1.29, 1.82) is 0 Å². The number of hydrogen-bond donors (Lipinski definition) is 1. The molecular weight excluding hydrogens is 438 g/mol. The highest BCUT2D eigenvalue weighted by molar-refractivity contribution is 7.83. The van der Waals surface area contributed by atoms with Gasteiger partial charge in [0.15, 0.2) is 5.03 Å². The standard InChI is InChI=1S/C24H27N5O3S/c1-14-12-15(2)21(16(3)13-14)32-23-17(10-11-18(26-23)24(4,5)6)22(30)28-29-33(31)20-9-7-8-19(25)27-20/h7-13H,1-6H3,(H2,25,27). The number of benzene rings is 1. The van der Waals surface area contributed by atoms with Crippen LogP contribution in [-0.2, 0) is 16.4 Å². The lowest BCUT2D eigenvalue weighted by Crippen LogP contribution is -2.15. The third-order valence-corrected chi connectivity index (χ3v) is 5.61. The van der Waals surface area contributed by atoms with Gasteiger partial charge in [0.05, 0.1) is 0 Å². The van der Waals surface area contributed by atoms with Crippen LogP contribution in [0.25, 0.3) is 0 Å². The summed E-state index contributed by atoms with van der Waals surface area (Å²) in [4.78, 5) is 21.4. The number of nitrogens with zero attached hydrogens (tertiary/aromatic N) is 4. The van der Waals surface area contributed by atoms with E-state index in [1.807, 2.05) is 53.7 Å². The number of carbonyl (C=O) groups excluding carboxylic acids is 1. The molecule has 3 aromatic rings. The van der Waals surface area contributed by atoms with Crippen LogP contribution < -0.4 is 10.5 Å². The predicted molar refractivity (Wildman–Crippen MR) is 128 cm³/mol. The Bertz CT molecular complexity index is 1240. The van der Waals surface area contributed by atoms with E-state index in [9.17, 15) is 9.00 Å². The quantitative estimate of drug-likeness (QED) is 0.505. The summed E-state index contributed by atoms with van der Waals surface area (Å²) in [5, 5.41) is 3.75. The first-order chi connectivity index (χ1) is 15.5. The van der Waals surface area contributed by atoms with E-state index in [0.29, 0.717) is 5.75 Å². The third-order valence-electron chi connectivity index (χ3n) is 4.79. The molecule has 0 radical (unpaired) electrons. The molecule has 33 heavy (non-hydrogen) atoms. The van der Waals surface area contributed by atoms with E-state index in [-0.39, 0.29) is 27.7 Å². The lowest BCUT2D eigenvalue weighted by Gasteiger charge is -2.20. The van der Waals surface area contributed by atoms with Crippen molar-refractivity contribution >= 4 is 22.7 Å². The Hall–Kier alpha value is -3.46. The zero-order chi connectivity index (χ0) is 24.3. The maximum atomic E-state index is 12.9. The molecule has 0 saturated heterocycles. The van der Waals surface area contributed by atoms with Crippen LogP contribution in [-0.4, -0.2) is 20.1 Å². The predicted octanol–water partition coefficient (Wildman–Crippen LogP) is 5.39. The Labute approximate surface area is 195 Å². The number of ether oxygens (including phenoxy) is 1. The van der Waals surface area contributed by atoms with Crippen LogP contribution >= 0.6 is 0 Å². The largest absolute Gasteiger partial charge is 0.438 e. The van der Waals surface area contributed by atoms with Crippen molar-refractivity contribution in [2.45, 2.75) is 52.0 Å². The van der Waals surface area contributed by atoms with E-state index >= 15 is 0 Å². The molecule has 0 fully saturated rings. The van der Waals surface area contributed by atoms with Crippen molar-refractivity contribution in [3.8, 4) is 11.6 Å². The highest BCUT2D eigenvalue weighted by atomic mass is 32.2. The average molecular weight is 466 g/mol. The van der Waals surface area contributed by atoms with Gasteiger partial charge in [-0.05, 0) is 56.2 Å². The Morgan fingerprint density at radius 3 is 2.30 bits per heavy atom. The van der Waals surface area contributed by atoms with Crippen LogP contribution in [0.3, 0.4) is 0 Å². The molecule has 0 aliphatic heterocycles. The Morgan fingerprint density at radius 1 is 1.03 bits per heavy atom. The zero-order valence-electron chi connectivity index (χ0n) is 19.5. The monoisotopic (exact) mass is 465 g/mol. The molecule has 1 amide bonds. The van der Waals surface area contributed by atoms with Crippen molar-refractivity contribution < 1.29 is 13.7 Å². The average Bonchev–Trinajstić information content (AvgIpc) is 2.73. The van der Waals surface area contributed by atoms with E-state index in [2.05, 4.69) is 19.6 Å². The molecule has 2 N–H and O–H groups in total. The van der Waals surface area contributed by atoms with Gasteiger partial charge in [-0.1, -0.05) is 54.2 Å². The van der Waals surface area contributed by atoms with E-state index in [1.54, 1.807) is 24.3 Å². The van der Waals surface area contributed by atoms with Gasteiger partial charge in [0, 0.05) is 11.1 Å². The summed E-state index contributed by atoms with van der Waals surface area (Å²) in [6.07, 6.45) is 0. The lowest BCUT2D eigenvalue weighted by molar-refractivity contribution is 0.0992. The molecule has 0 aliphatic carbocycles. The Balaban J connectivity index is 1.99. The summed E-state index contributed by atoms with van der Waals surface area (Å²) in [5.41, 5.74) is 9.16. The summed E-state index contributed by atoms with van der Waals surface area (Å²) in [7, 11) is -1.98. The lowest BCUT2D eigenvalue weighted by atomic mass is 9.91. The molecule has 9 heteroatoms. The topological polar surface area (TPSA) is 120 Å². The summed E-state index contributed by atoms with van der Waals surface area (Å²) in [5.74, 6) is 0.216. The summed E-state index contributed by atoms with van der Waals surface area (Å²) in [6, 6.07) is 12.0. The molecule has 172 valence electrons. The first-order valence-electron chi connectivity index (χ1n) is 10.3. The van der Waals surface area contributed by atoms with Crippen molar-refractivity contribution in [2.24, 2.45) is 9.63 Å². The fourth-order valence-corrected chi connectivity index (χ4v) is 3.83. The second-order valence-corrected chi connectivity index (χ2v) is 9.85. The van der Waals surface area contributed by atoms with Gasteiger partial charge in [-0.25, -0.2) is 14.2 Å². The molecule has 1 unspecified atom stereocenters. The fourth-order valence-electron chi connectivity index (χ4n) is 3.22. The third kappa shape index (κ3) is 5.87. The van der Waals surface area contributed by atoms with Crippen molar-refractivity contribution in [3.63, 3.8) is 0 Å². The number of pyridine rings is 2. The van der Waals surface area contributed by atoms with Crippen LogP contribution in [0.5, 0.6) is 11.6 Å². The minimum atomic E-state index is -1.98. The molecule has 0 bridgehead atoms. The van der Waals surface area contributed by atoms with Crippen LogP contribution in [0.2, 0.25) is 0 Å². The van der Waals surface area contributed by atoms with Crippen molar-refractivity contribution in [3.05, 3.63) is 70.4 Å². The molecule has 0 aliphatic rings. The second-order valence-electron chi connectivity index (χ2n) is 8.77. The number of rotatable bonds is 5. The van der Waals surface area contributed by atoms with Crippen LogP contribution in [0.4, 0.5) is 5.82 Å². The van der Waals surface area contributed by atoms with Crippen LogP contribution in [0, 0.1) is 20.8 Å². The normalized spacial score (nSPS) is 12.7. The summed E-state index contributed by atoms with van der Waals surface area (Å²) in [6.45, 7) is 11.9. The number of anilines is 1. The minimum Gasteiger partial charge on any atom is -0.438 e. The van der Waals surface area contributed by atoms with Gasteiger partial charge >= 0.3 is 5.91 Å². The molecule has 3 rings (SSSR count). The Morgan fingerprint density at radius 2 is 1.70 bits per heavy atom. The molecule has 8 nitrogen and oxygen atoms in total. The van der Waals surface area contributed by atoms with Gasteiger partial charge in [0.2, 0.25) is 16.9 Å². The summed E-state index contributed by atoms with van der Waals surface area (Å²) >= 11 is 0. The van der Waals surface area contributed by atoms with Gasteiger partial charge in [0.25, 0.3) is 0 Å². The van der Waals surface area contributed by atoms with Crippen molar-refractivity contribution in [1.82, 2.24) is 9.97 Å². The second kappa shape index (κ2) is 9.58. The number of nitrogen functional groups attached to an aromatic ring is 1. The zero-order valence-corrected chi connectivity index (χ0v) is 20.4. The number of hydrogen-bond acceptors (Lipinski definition) is 6. The maximum absolute atomic E-state index is 12.9. The molecule has 0 saturated carbocycles. The highest BCUT2D eigenvalue weighted by Gasteiger charge is 2.22. The first kappa shape index (κ1) is 24.2. The molecule has 0 spiro atoms. The molecule has 1 atom stereocenters. The number of carbonyl (C=O) groups is 1. The molecule has 1 aromatic carbocycles. The van der Waals surface area contributed by atoms with Gasteiger partial charge in [0.1, 0.15) is 17.1 Å². The Kier molecular flexibility index (Phi) is 7.02. The van der Waals surface area contributed by atoms with Gasteiger partial charge in [-0.3, -0.25) is 4.79 Å². The van der Waals surface area contributed by atoms with Crippen molar-refractivity contribution in [2.75, 3.05) is 5.73 Å². The first-order valence-corrected chi connectivity index (χ1v) is 11.4. The fraction of sp³-hybridized carbons (Fsp3) is 0.292. The molecule has 2 heterocycles. The van der Waals surface area contributed by atoms with E-state index in [0.717, 1.165) is 22.4 Å². The number of aryl methyl sites for hydroxylation is 3. The number of amides is 1. The van der Waals surface area contributed by atoms with Gasteiger partial charge in [-0.2, -0.15) is 0 Å². The van der Waals surface area contributed by atoms with E-state index < -0.39 is 16.9 Å². The molecule has 2 aromatic heterocycles. The maximum Gasteiger partial charge on any atom is 0.301 e. The number of nitrogens with two attached hydrogens (primary N) is 1. The van der Waals surface area contributed by atoms with Crippen LogP contribution in [0.1, 0.15) is 53.5 Å². The van der Waals surface area contributed by atoms with Gasteiger partial charge < -0.3 is 10.5 Å². The van der Waals surface area contributed by atoms with E-state index in [1.165, 1.54) is 6.07 Å².